The van der Waals surface area contributed by atoms with Crippen LogP contribution in [0.5, 0.6) is 0 Å². The molecule has 0 saturated heterocycles. The number of hydrogen-bond acceptors (Lipinski definition) is 4. The lowest BCUT2D eigenvalue weighted by Gasteiger charge is -2.32. The van der Waals surface area contributed by atoms with E-state index in [0.29, 0.717) is 22.2 Å². The number of nitrogens with one attached hydrogen (secondary N) is 1. The second-order valence-electron chi connectivity index (χ2n) is 9.44. The van der Waals surface area contributed by atoms with Crippen LogP contribution in [-0.4, -0.2) is 50.0 Å². The largest absolute Gasteiger partial charge is 0.352 e. The molecule has 3 rings (SSSR count). The molecule has 0 spiro atoms. The van der Waals surface area contributed by atoms with Gasteiger partial charge in [0.1, 0.15) is 6.04 Å². The van der Waals surface area contributed by atoms with Crippen molar-refractivity contribution in [1.82, 2.24) is 10.2 Å². The highest BCUT2D eigenvalue weighted by Crippen LogP contribution is 2.24. The number of anilines is 1. The predicted octanol–water partition coefficient (Wildman–Crippen LogP) is 5.41. The van der Waals surface area contributed by atoms with Crippen molar-refractivity contribution in [3.8, 4) is 0 Å². The number of benzene rings is 2. The molecule has 2 aromatic carbocycles. The summed E-state index contributed by atoms with van der Waals surface area (Å²) in [6.07, 6.45) is 6.04. The van der Waals surface area contributed by atoms with Crippen LogP contribution < -0.4 is 9.62 Å². The molecular formula is C27H35Cl2N3O4S. The molecule has 7 nitrogen and oxygen atoms in total. The van der Waals surface area contributed by atoms with Crippen molar-refractivity contribution in [2.75, 3.05) is 17.1 Å². The number of amides is 2. The first kappa shape index (κ1) is 29.3. The van der Waals surface area contributed by atoms with Gasteiger partial charge in [-0.25, -0.2) is 8.42 Å². The summed E-state index contributed by atoms with van der Waals surface area (Å²) < 4.78 is 26.2. The summed E-state index contributed by atoms with van der Waals surface area (Å²) in [7, 11) is -3.57. The minimum atomic E-state index is -3.57. The fraction of sp³-hybridized carbons (Fsp3) is 0.481. The molecule has 1 aliphatic rings. The van der Waals surface area contributed by atoms with Crippen LogP contribution in [0, 0.1) is 0 Å². The van der Waals surface area contributed by atoms with Crippen LogP contribution in [0.3, 0.4) is 0 Å². The van der Waals surface area contributed by atoms with Gasteiger partial charge in [0.25, 0.3) is 0 Å². The highest BCUT2D eigenvalue weighted by Gasteiger charge is 2.31. The molecule has 1 atom stereocenters. The normalized spacial score (nSPS) is 14.8. The fourth-order valence-corrected chi connectivity index (χ4v) is 6.00. The van der Waals surface area contributed by atoms with Gasteiger partial charge in [-0.1, -0.05) is 61.2 Å². The molecule has 0 unspecified atom stereocenters. The Labute approximate surface area is 230 Å². The molecule has 2 amide bonds. The summed E-state index contributed by atoms with van der Waals surface area (Å²) in [4.78, 5) is 28.4. The van der Waals surface area contributed by atoms with Crippen LogP contribution in [0.1, 0.15) is 57.4 Å². The quantitative estimate of drug-likeness (QED) is 0.371. The number of carbonyl (C=O) groups is 2. The molecule has 2 aromatic rings. The van der Waals surface area contributed by atoms with E-state index in [-0.39, 0.29) is 43.8 Å². The molecular weight excluding hydrogens is 533 g/mol. The van der Waals surface area contributed by atoms with E-state index in [2.05, 4.69) is 5.32 Å². The van der Waals surface area contributed by atoms with Gasteiger partial charge in [-0.05, 0) is 61.6 Å². The van der Waals surface area contributed by atoms with Crippen molar-refractivity contribution in [1.29, 1.82) is 0 Å². The molecule has 1 aliphatic carbocycles. The van der Waals surface area contributed by atoms with E-state index in [1.807, 2.05) is 25.1 Å². The lowest BCUT2D eigenvalue weighted by Crippen LogP contribution is -2.51. The van der Waals surface area contributed by atoms with Crippen molar-refractivity contribution in [2.45, 2.75) is 70.5 Å². The number of hydrogen-bond donors (Lipinski definition) is 1. The van der Waals surface area contributed by atoms with Gasteiger partial charge in [0.15, 0.2) is 0 Å². The van der Waals surface area contributed by atoms with Gasteiger partial charge in [0, 0.05) is 35.6 Å². The molecule has 37 heavy (non-hydrogen) atoms. The third kappa shape index (κ3) is 8.35. The van der Waals surface area contributed by atoms with Crippen molar-refractivity contribution < 1.29 is 18.0 Å². The van der Waals surface area contributed by atoms with Crippen LogP contribution in [0.2, 0.25) is 10.0 Å². The third-order valence-electron chi connectivity index (χ3n) is 6.65. The SMILES string of the molecule is CC[C@H](C(=O)NC1CCCC1)N(Cc1ccccc1Cl)C(=O)CCCN(c1ccc(Cl)cc1)S(C)(=O)=O. The van der Waals surface area contributed by atoms with Crippen LogP contribution in [0.25, 0.3) is 0 Å². The van der Waals surface area contributed by atoms with E-state index in [1.165, 1.54) is 4.31 Å². The van der Waals surface area contributed by atoms with Gasteiger partial charge in [-0.3, -0.25) is 13.9 Å². The minimum Gasteiger partial charge on any atom is -0.352 e. The van der Waals surface area contributed by atoms with E-state index < -0.39 is 16.1 Å². The highest BCUT2D eigenvalue weighted by molar-refractivity contribution is 7.92. The topological polar surface area (TPSA) is 86.8 Å². The number of sulfonamides is 1. The van der Waals surface area contributed by atoms with E-state index in [0.717, 1.165) is 37.5 Å². The van der Waals surface area contributed by atoms with E-state index in [1.54, 1.807) is 35.2 Å². The van der Waals surface area contributed by atoms with Gasteiger partial charge >= 0.3 is 0 Å². The Morgan fingerprint density at radius 1 is 1.05 bits per heavy atom. The summed E-state index contributed by atoms with van der Waals surface area (Å²) in [5.41, 5.74) is 1.23. The molecule has 0 radical (unpaired) electrons. The van der Waals surface area contributed by atoms with Crippen molar-refractivity contribution in [2.24, 2.45) is 0 Å². The summed E-state index contributed by atoms with van der Waals surface area (Å²) in [6, 6.07) is 13.3. The molecule has 1 N–H and O–H groups in total. The molecule has 0 bridgehead atoms. The molecule has 0 heterocycles. The van der Waals surface area contributed by atoms with Gasteiger partial charge in [-0.2, -0.15) is 0 Å². The molecule has 10 heteroatoms. The summed E-state index contributed by atoms with van der Waals surface area (Å²) in [5, 5.41) is 4.15. The maximum Gasteiger partial charge on any atom is 0.243 e. The Kier molecular flexibility index (Phi) is 10.7. The summed E-state index contributed by atoms with van der Waals surface area (Å²) >= 11 is 12.3. The van der Waals surface area contributed by atoms with Crippen LogP contribution in [0.15, 0.2) is 48.5 Å². The van der Waals surface area contributed by atoms with Crippen molar-refractivity contribution >= 4 is 50.7 Å². The smallest absolute Gasteiger partial charge is 0.243 e. The zero-order valence-corrected chi connectivity index (χ0v) is 23.7. The van der Waals surface area contributed by atoms with Crippen molar-refractivity contribution in [3.63, 3.8) is 0 Å². The lowest BCUT2D eigenvalue weighted by atomic mass is 10.1. The average Bonchev–Trinajstić information content (AvgIpc) is 3.36. The van der Waals surface area contributed by atoms with Gasteiger partial charge in [-0.15, -0.1) is 0 Å². The number of nitrogens with zero attached hydrogens (tertiary/aromatic N) is 2. The summed E-state index contributed by atoms with van der Waals surface area (Å²) in [5.74, 6) is -0.383. The van der Waals surface area contributed by atoms with Gasteiger partial charge in [0.2, 0.25) is 21.8 Å². The Morgan fingerprint density at radius 3 is 2.30 bits per heavy atom. The first-order valence-corrected chi connectivity index (χ1v) is 15.3. The first-order valence-electron chi connectivity index (χ1n) is 12.7. The average molecular weight is 569 g/mol. The van der Waals surface area contributed by atoms with Crippen LogP contribution >= 0.6 is 23.2 Å². The lowest BCUT2D eigenvalue weighted by molar-refractivity contribution is -0.141. The number of halogens is 2. The zero-order chi connectivity index (χ0) is 27.0. The maximum absolute atomic E-state index is 13.5. The second kappa shape index (κ2) is 13.5. The first-order chi connectivity index (χ1) is 17.6. The number of rotatable bonds is 12. The van der Waals surface area contributed by atoms with Crippen molar-refractivity contribution in [3.05, 3.63) is 64.1 Å². The predicted molar refractivity (Wildman–Crippen MR) is 149 cm³/mol. The zero-order valence-electron chi connectivity index (χ0n) is 21.3. The summed E-state index contributed by atoms with van der Waals surface area (Å²) in [6.45, 7) is 2.21. The van der Waals surface area contributed by atoms with Gasteiger partial charge in [0.05, 0.1) is 11.9 Å². The number of carbonyl (C=O) groups excluding carboxylic acids is 2. The molecule has 0 aliphatic heterocycles. The standard InChI is InChI=1S/C27H35Cl2N3O4S/c1-3-25(27(34)30-22-10-5-6-11-22)31(19-20-9-4-7-12-24(20)29)26(33)13-8-18-32(37(2,35)36)23-16-14-21(28)15-17-23/h4,7,9,12,14-17,22,25H,3,5-6,8,10-11,13,18-19H2,1-2H3,(H,30,34)/t25-/m1/s1. The van der Waals surface area contributed by atoms with E-state index in [9.17, 15) is 18.0 Å². The molecule has 1 fully saturated rings. The Morgan fingerprint density at radius 2 is 1.70 bits per heavy atom. The fourth-order valence-electron chi connectivity index (χ4n) is 4.71. The van der Waals surface area contributed by atoms with Crippen LogP contribution in [-0.2, 0) is 26.2 Å². The molecule has 1 saturated carbocycles. The molecule has 202 valence electrons. The third-order valence-corrected chi connectivity index (χ3v) is 8.47. The van der Waals surface area contributed by atoms with E-state index >= 15 is 0 Å². The van der Waals surface area contributed by atoms with E-state index in [4.69, 9.17) is 23.2 Å². The van der Waals surface area contributed by atoms with Gasteiger partial charge < -0.3 is 10.2 Å². The minimum absolute atomic E-state index is 0.0806. The monoisotopic (exact) mass is 567 g/mol. The van der Waals surface area contributed by atoms with Crippen LogP contribution in [0.4, 0.5) is 5.69 Å². The Bertz CT molecular complexity index is 1170. The Hall–Kier alpha value is -2.29. The Balaban J connectivity index is 1.76. The highest BCUT2D eigenvalue weighted by atomic mass is 35.5. The second-order valence-corrected chi connectivity index (χ2v) is 12.2. The maximum atomic E-state index is 13.5. The molecule has 0 aromatic heterocycles.